The van der Waals surface area contributed by atoms with Crippen molar-refractivity contribution >= 4 is 21.6 Å². The summed E-state index contributed by atoms with van der Waals surface area (Å²) in [6, 6.07) is 0. The van der Waals surface area contributed by atoms with Crippen LogP contribution in [0.2, 0.25) is 0 Å². The lowest BCUT2D eigenvalue weighted by Gasteiger charge is -2.17. The number of nitrogens with zero attached hydrogens (tertiary/aromatic N) is 3. The van der Waals surface area contributed by atoms with Crippen LogP contribution >= 0.6 is 11.6 Å². The summed E-state index contributed by atoms with van der Waals surface area (Å²) < 4.78 is 34.0. The van der Waals surface area contributed by atoms with Crippen LogP contribution in [0.15, 0.2) is 4.90 Å². The fourth-order valence-corrected chi connectivity index (χ4v) is 4.93. The fraction of sp³-hybridized carbons (Fsp3) is 0.769. The third kappa shape index (κ3) is 3.26. The number of hydrogen-bond donors (Lipinski definition) is 0. The summed E-state index contributed by atoms with van der Waals surface area (Å²) in [5, 5.41) is 4.29. The molecule has 2 heterocycles. The number of halogens is 1. The topological polar surface area (TPSA) is 64.4 Å². The number of hydrogen-bond acceptors (Lipinski definition) is 4. The highest BCUT2D eigenvalue weighted by Crippen LogP contribution is 2.28. The van der Waals surface area contributed by atoms with E-state index in [0.29, 0.717) is 48.4 Å². The van der Waals surface area contributed by atoms with E-state index in [1.165, 1.54) is 0 Å². The van der Waals surface area contributed by atoms with E-state index in [1.54, 1.807) is 29.9 Å². The van der Waals surface area contributed by atoms with Gasteiger partial charge in [0, 0.05) is 26.1 Å². The highest BCUT2D eigenvalue weighted by atomic mass is 35.5. The Labute approximate surface area is 131 Å². The quantitative estimate of drug-likeness (QED) is 0.737. The number of rotatable bonds is 6. The Morgan fingerprint density at radius 1 is 1.43 bits per heavy atom. The summed E-state index contributed by atoms with van der Waals surface area (Å²) in [4.78, 5) is 0.325. The van der Waals surface area contributed by atoms with Gasteiger partial charge < -0.3 is 4.74 Å². The number of sulfonamides is 1. The molecule has 6 nitrogen and oxygen atoms in total. The van der Waals surface area contributed by atoms with Crippen molar-refractivity contribution in [2.45, 2.75) is 31.7 Å². The minimum Gasteiger partial charge on any atom is -0.384 e. The maximum absolute atomic E-state index is 12.8. The van der Waals surface area contributed by atoms with Crippen LogP contribution < -0.4 is 0 Å². The van der Waals surface area contributed by atoms with E-state index in [4.69, 9.17) is 16.3 Å². The summed E-state index contributed by atoms with van der Waals surface area (Å²) in [5.74, 6) is 0.671. The van der Waals surface area contributed by atoms with Gasteiger partial charge in [-0.2, -0.15) is 9.40 Å². The predicted octanol–water partition coefficient (Wildman–Crippen LogP) is 1.40. The maximum Gasteiger partial charge on any atom is 0.246 e. The molecule has 120 valence electrons. The lowest BCUT2D eigenvalue weighted by Crippen LogP contribution is -2.30. The standard InChI is InChI=1S/C13H22ClN3O3S/c1-10-13(11(2)17(15-10)7-5-14)21(18,19)16-6-4-12(8-16)9-20-3/h12H,4-9H2,1-3H3. The van der Waals surface area contributed by atoms with Crippen LogP contribution in [0, 0.1) is 19.8 Å². The zero-order valence-electron chi connectivity index (χ0n) is 12.7. The van der Waals surface area contributed by atoms with Gasteiger partial charge in [0.25, 0.3) is 0 Å². The van der Waals surface area contributed by atoms with Gasteiger partial charge >= 0.3 is 0 Å². The van der Waals surface area contributed by atoms with Crippen LogP contribution in [-0.2, 0) is 21.3 Å². The van der Waals surface area contributed by atoms with Crippen molar-refractivity contribution < 1.29 is 13.2 Å². The first-order chi connectivity index (χ1) is 9.91. The van der Waals surface area contributed by atoms with E-state index in [2.05, 4.69) is 5.10 Å². The summed E-state index contributed by atoms with van der Waals surface area (Å²) in [7, 11) is -1.86. The molecular weight excluding hydrogens is 314 g/mol. The van der Waals surface area contributed by atoms with Crippen LogP contribution in [0.1, 0.15) is 17.8 Å². The van der Waals surface area contributed by atoms with Crippen molar-refractivity contribution in [3.8, 4) is 0 Å². The van der Waals surface area contributed by atoms with Crippen LogP contribution in [-0.4, -0.2) is 55.2 Å². The number of ether oxygens (including phenoxy) is 1. The molecular formula is C13H22ClN3O3S. The number of aromatic nitrogens is 2. The Kier molecular flexibility index (Phi) is 5.29. The van der Waals surface area contributed by atoms with Gasteiger partial charge in [-0.25, -0.2) is 8.42 Å². The summed E-state index contributed by atoms with van der Waals surface area (Å²) in [6.45, 7) is 5.66. The normalized spacial score (nSPS) is 20.3. The molecule has 1 aliphatic rings. The lowest BCUT2D eigenvalue weighted by atomic mass is 10.1. The second-order valence-corrected chi connectivity index (χ2v) is 7.64. The monoisotopic (exact) mass is 335 g/mol. The smallest absolute Gasteiger partial charge is 0.246 e. The number of alkyl halides is 1. The molecule has 1 aromatic heterocycles. The van der Waals surface area contributed by atoms with Gasteiger partial charge in [0.2, 0.25) is 10.0 Å². The predicted molar refractivity (Wildman–Crippen MR) is 81.2 cm³/mol. The van der Waals surface area contributed by atoms with Crippen molar-refractivity contribution in [3.63, 3.8) is 0 Å². The molecule has 0 aromatic carbocycles. The second-order valence-electron chi connectivity index (χ2n) is 5.39. The molecule has 0 saturated carbocycles. The molecule has 0 spiro atoms. The van der Waals surface area contributed by atoms with Gasteiger partial charge in [-0.1, -0.05) is 0 Å². The van der Waals surface area contributed by atoms with E-state index >= 15 is 0 Å². The second kappa shape index (κ2) is 6.64. The van der Waals surface area contributed by atoms with Gasteiger partial charge in [-0.3, -0.25) is 4.68 Å². The first kappa shape index (κ1) is 16.7. The zero-order chi connectivity index (χ0) is 15.6. The molecule has 0 N–H and O–H groups in total. The molecule has 0 amide bonds. The Morgan fingerprint density at radius 3 is 2.76 bits per heavy atom. The lowest BCUT2D eigenvalue weighted by molar-refractivity contribution is 0.157. The number of aryl methyl sites for hydroxylation is 2. The summed E-state index contributed by atoms with van der Waals surface area (Å²) in [6.07, 6.45) is 0.834. The van der Waals surface area contributed by atoms with Crippen LogP contribution in [0.3, 0.4) is 0 Å². The Hall–Kier alpha value is -0.630. The zero-order valence-corrected chi connectivity index (χ0v) is 14.2. The molecule has 1 unspecified atom stereocenters. The van der Waals surface area contributed by atoms with E-state index in [0.717, 1.165) is 6.42 Å². The molecule has 21 heavy (non-hydrogen) atoms. The third-order valence-electron chi connectivity index (χ3n) is 3.86. The number of methoxy groups -OCH3 is 1. The van der Waals surface area contributed by atoms with Crippen molar-refractivity contribution in [2.24, 2.45) is 5.92 Å². The first-order valence-electron chi connectivity index (χ1n) is 7.00. The van der Waals surface area contributed by atoms with Gasteiger partial charge in [0.05, 0.1) is 24.5 Å². The molecule has 0 radical (unpaired) electrons. The molecule has 1 aromatic rings. The van der Waals surface area contributed by atoms with Gasteiger partial charge in [0.1, 0.15) is 4.90 Å². The summed E-state index contributed by atoms with van der Waals surface area (Å²) in [5.41, 5.74) is 1.19. The van der Waals surface area contributed by atoms with E-state index in [1.807, 2.05) is 0 Å². The van der Waals surface area contributed by atoms with Crippen molar-refractivity contribution in [3.05, 3.63) is 11.4 Å². The van der Waals surface area contributed by atoms with Crippen LogP contribution in [0.5, 0.6) is 0 Å². The SMILES string of the molecule is COCC1CCN(S(=O)(=O)c2c(C)nn(CCCl)c2C)C1. The van der Waals surface area contributed by atoms with Crippen molar-refractivity contribution in [2.75, 3.05) is 32.7 Å². The Balaban J connectivity index is 2.28. The maximum atomic E-state index is 12.8. The minimum absolute atomic E-state index is 0.267. The van der Waals surface area contributed by atoms with Crippen molar-refractivity contribution in [1.29, 1.82) is 0 Å². The van der Waals surface area contributed by atoms with Crippen LogP contribution in [0.25, 0.3) is 0 Å². The molecule has 1 saturated heterocycles. The molecule has 0 aliphatic carbocycles. The Bertz CT molecular complexity index is 600. The molecule has 1 aliphatic heterocycles. The highest BCUT2D eigenvalue weighted by molar-refractivity contribution is 7.89. The molecule has 2 rings (SSSR count). The Morgan fingerprint density at radius 2 is 2.14 bits per heavy atom. The largest absolute Gasteiger partial charge is 0.384 e. The van der Waals surface area contributed by atoms with Gasteiger partial charge in [-0.05, 0) is 26.2 Å². The first-order valence-corrected chi connectivity index (χ1v) is 8.98. The highest BCUT2D eigenvalue weighted by Gasteiger charge is 2.35. The van der Waals surface area contributed by atoms with E-state index in [9.17, 15) is 8.42 Å². The average Bonchev–Trinajstić information content (AvgIpc) is 2.97. The average molecular weight is 336 g/mol. The van der Waals surface area contributed by atoms with Gasteiger partial charge in [0.15, 0.2) is 0 Å². The molecule has 0 bridgehead atoms. The van der Waals surface area contributed by atoms with E-state index in [-0.39, 0.29) is 5.92 Å². The molecule has 1 fully saturated rings. The van der Waals surface area contributed by atoms with Crippen molar-refractivity contribution in [1.82, 2.24) is 14.1 Å². The molecule has 1 atom stereocenters. The van der Waals surface area contributed by atoms with Gasteiger partial charge in [-0.15, -0.1) is 11.6 Å². The van der Waals surface area contributed by atoms with Crippen LogP contribution in [0.4, 0.5) is 0 Å². The molecule has 8 heteroatoms. The summed E-state index contributed by atoms with van der Waals surface area (Å²) >= 11 is 5.73. The fourth-order valence-electron chi connectivity index (χ4n) is 2.87. The minimum atomic E-state index is -3.50. The van der Waals surface area contributed by atoms with E-state index < -0.39 is 10.0 Å². The third-order valence-corrected chi connectivity index (χ3v) is 6.15.